The zero-order chi connectivity index (χ0) is 16.2. The molecule has 0 saturated carbocycles. The Labute approximate surface area is 131 Å². The predicted molar refractivity (Wildman–Crippen MR) is 83.2 cm³/mol. The largest absolute Gasteiger partial charge is 0.379 e. The van der Waals surface area contributed by atoms with Crippen molar-refractivity contribution >= 4 is 15.9 Å². The van der Waals surface area contributed by atoms with E-state index in [2.05, 4.69) is 5.32 Å². The van der Waals surface area contributed by atoms with Crippen molar-refractivity contribution in [3.63, 3.8) is 0 Å². The number of benzene rings is 1. The number of ether oxygens (including phenoxy) is 1. The van der Waals surface area contributed by atoms with Gasteiger partial charge < -0.3 is 10.1 Å². The number of nitrogens with zero attached hydrogens (tertiary/aromatic N) is 1. The summed E-state index contributed by atoms with van der Waals surface area (Å²) < 4.78 is 31.7. The second-order valence-corrected chi connectivity index (χ2v) is 7.59. The van der Waals surface area contributed by atoms with Crippen LogP contribution in [0.3, 0.4) is 0 Å². The van der Waals surface area contributed by atoms with Crippen molar-refractivity contribution in [2.75, 3.05) is 32.8 Å². The lowest BCUT2D eigenvalue weighted by Gasteiger charge is -2.26. The Hall–Kier alpha value is -1.44. The number of amides is 1. The van der Waals surface area contributed by atoms with E-state index in [9.17, 15) is 13.2 Å². The highest BCUT2D eigenvalue weighted by Crippen LogP contribution is 2.18. The monoisotopic (exact) mass is 326 g/mol. The molecule has 1 aliphatic heterocycles. The highest BCUT2D eigenvalue weighted by atomic mass is 32.2. The zero-order valence-corrected chi connectivity index (χ0v) is 13.7. The summed E-state index contributed by atoms with van der Waals surface area (Å²) in [6, 6.07) is 6.16. The van der Waals surface area contributed by atoms with Crippen molar-refractivity contribution < 1.29 is 17.9 Å². The molecule has 1 amide bonds. The van der Waals surface area contributed by atoms with Crippen LogP contribution in [0, 0.1) is 5.92 Å². The van der Waals surface area contributed by atoms with Crippen LogP contribution in [-0.4, -0.2) is 51.5 Å². The molecule has 1 aromatic rings. The summed E-state index contributed by atoms with van der Waals surface area (Å²) in [5.74, 6) is 0.0805. The maximum atomic E-state index is 12.6. The molecule has 2 rings (SSSR count). The van der Waals surface area contributed by atoms with Gasteiger partial charge in [-0.3, -0.25) is 4.79 Å². The minimum atomic E-state index is -3.58. The average molecular weight is 326 g/mol. The van der Waals surface area contributed by atoms with Gasteiger partial charge in [-0.05, 0) is 24.1 Å². The van der Waals surface area contributed by atoms with Crippen molar-refractivity contribution in [3.8, 4) is 0 Å². The SMILES string of the molecule is CC(C)CNC(=O)c1cccc(S(=O)(=O)N2CCOCC2)c1. The van der Waals surface area contributed by atoms with Crippen molar-refractivity contribution in [1.29, 1.82) is 0 Å². The minimum absolute atomic E-state index is 0.145. The Balaban J connectivity index is 2.18. The second kappa shape index (κ2) is 7.21. The number of carbonyl (C=O) groups excluding carboxylic acids is 1. The molecule has 0 aromatic heterocycles. The van der Waals surface area contributed by atoms with Gasteiger partial charge in [-0.1, -0.05) is 19.9 Å². The predicted octanol–water partition coefficient (Wildman–Crippen LogP) is 1.09. The van der Waals surface area contributed by atoms with E-state index in [-0.39, 0.29) is 10.8 Å². The van der Waals surface area contributed by atoms with Crippen LogP contribution in [0.15, 0.2) is 29.2 Å². The topological polar surface area (TPSA) is 75.7 Å². The summed E-state index contributed by atoms with van der Waals surface area (Å²) in [5, 5.41) is 2.79. The van der Waals surface area contributed by atoms with E-state index in [0.717, 1.165) is 0 Å². The van der Waals surface area contributed by atoms with Crippen LogP contribution in [-0.2, 0) is 14.8 Å². The van der Waals surface area contributed by atoms with Crippen LogP contribution >= 0.6 is 0 Å². The molecule has 1 aromatic carbocycles. The first-order valence-corrected chi connectivity index (χ1v) is 8.81. The van der Waals surface area contributed by atoms with E-state index < -0.39 is 10.0 Å². The van der Waals surface area contributed by atoms with Crippen molar-refractivity contribution in [2.24, 2.45) is 5.92 Å². The first-order valence-electron chi connectivity index (χ1n) is 7.37. The number of nitrogens with one attached hydrogen (secondary N) is 1. The molecule has 1 N–H and O–H groups in total. The fourth-order valence-corrected chi connectivity index (χ4v) is 3.59. The number of morpholine rings is 1. The fourth-order valence-electron chi connectivity index (χ4n) is 2.13. The molecule has 122 valence electrons. The van der Waals surface area contributed by atoms with Crippen LogP contribution in [0.5, 0.6) is 0 Å². The van der Waals surface area contributed by atoms with Gasteiger partial charge in [0.05, 0.1) is 18.1 Å². The lowest BCUT2D eigenvalue weighted by Crippen LogP contribution is -2.40. The van der Waals surface area contributed by atoms with Gasteiger partial charge >= 0.3 is 0 Å². The average Bonchev–Trinajstić information content (AvgIpc) is 2.53. The smallest absolute Gasteiger partial charge is 0.251 e. The number of hydrogen-bond acceptors (Lipinski definition) is 4. The molecular formula is C15H22N2O4S. The second-order valence-electron chi connectivity index (χ2n) is 5.65. The summed E-state index contributed by atoms with van der Waals surface area (Å²) in [4.78, 5) is 12.2. The van der Waals surface area contributed by atoms with E-state index in [0.29, 0.717) is 44.3 Å². The minimum Gasteiger partial charge on any atom is -0.379 e. The van der Waals surface area contributed by atoms with E-state index in [1.54, 1.807) is 12.1 Å². The molecule has 1 fully saturated rings. The molecule has 0 unspecified atom stereocenters. The lowest BCUT2D eigenvalue weighted by atomic mass is 10.2. The maximum absolute atomic E-state index is 12.6. The van der Waals surface area contributed by atoms with E-state index >= 15 is 0 Å². The lowest BCUT2D eigenvalue weighted by molar-refractivity contribution is 0.0730. The normalized spacial score (nSPS) is 16.7. The van der Waals surface area contributed by atoms with E-state index in [1.807, 2.05) is 13.8 Å². The third-order valence-corrected chi connectivity index (χ3v) is 5.27. The van der Waals surface area contributed by atoms with Gasteiger partial charge in [-0.25, -0.2) is 8.42 Å². The van der Waals surface area contributed by atoms with Gasteiger partial charge in [0, 0.05) is 25.2 Å². The first-order chi connectivity index (χ1) is 10.4. The molecule has 1 aliphatic rings. The zero-order valence-electron chi connectivity index (χ0n) is 12.9. The van der Waals surface area contributed by atoms with E-state index in [1.165, 1.54) is 16.4 Å². The number of carbonyl (C=O) groups is 1. The molecule has 0 radical (unpaired) electrons. The van der Waals surface area contributed by atoms with Gasteiger partial charge in [0.2, 0.25) is 10.0 Å². The Kier molecular flexibility index (Phi) is 5.55. The summed E-state index contributed by atoms with van der Waals surface area (Å²) in [7, 11) is -3.58. The standard InChI is InChI=1S/C15H22N2O4S/c1-12(2)11-16-15(18)13-4-3-5-14(10-13)22(19,20)17-6-8-21-9-7-17/h3-5,10,12H,6-9,11H2,1-2H3,(H,16,18). The highest BCUT2D eigenvalue weighted by molar-refractivity contribution is 7.89. The van der Waals surface area contributed by atoms with Crippen LogP contribution in [0.25, 0.3) is 0 Å². The fraction of sp³-hybridized carbons (Fsp3) is 0.533. The highest BCUT2D eigenvalue weighted by Gasteiger charge is 2.26. The summed E-state index contributed by atoms with van der Waals surface area (Å²) in [5.41, 5.74) is 0.356. The molecule has 0 bridgehead atoms. The molecule has 0 atom stereocenters. The van der Waals surface area contributed by atoms with Gasteiger partial charge in [0.1, 0.15) is 0 Å². The molecule has 0 aliphatic carbocycles. The molecule has 1 heterocycles. The molecule has 22 heavy (non-hydrogen) atoms. The molecular weight excluding hydrogens is 304 g/mol. The number of rotatable bonds is 5. The Morgan fingerprint density at radius 1 is 1.32 bits per heavy atom. The molecule has 0 spiro atoms. The van der Waals surface area contributed by atoms with Crippen LogP contribution in [0.1, 0.15) is 24.2 Å². The van der Waals surface area contributed by atoms with Gasteiger partial charge in [-0.2, -0.15) is 4.31 Å². The third kappa shape index (κ3) is 4.06. The van der Waals surface area contributed by atoms with Crippen molar-refractivity contribution in [1.82, 2.24) is 9.62 Å². The first kappa shape index (κ1) is 16.9. The van der Waals surface area contributed by atoms with Crippen molar-refractivity contribution in [2.45, 2.75) is 18.7 Å². The third-order valence-electron chi connectivity index (χ3n) is 3.37. The summed E-state index contributed by atoms with van der Waals surface area (Å²) in [6.07, 6.45) is 0. The van der Waals surface area contributed by atoms with Crippen LogP contribution < -0.4 is 5.32 Å². The Morgan fingerprint density at radius 2 is 2.00 bits per heavy atom. The summed E-state index contributed by atoms with van der Waals surface area (Å²) >= 11 is 0. The van der Waals surface area contributed by atoms with Crippen molar-refractivity contribution in [3.05, 3.63) is 29.8 Å². The number of sulfonamides is 1. The quantitative estimate of drug-likeness (QED) is 0.879. The summed E-state index contributed by atoms with van der Waals surface area (Å²) in [6.45, 7) is 6.03. The van der Waals surface area contributed by atoms with E-state index in [4.69, 9.17) is 4.74 Å². The number of hydrogen-bond donors (Lipinski definition) is 1. The van der Waals surface area contributed by atoms with Crippen LogP contribution in [0.4, 0.5) is 0 Å². The Bertz CT molecular complexity index is 622. The van der Waals surface area contributed by atoms with Gasteiger partial charge in [0.15, 0.2) is 0 Å². The molecule has 6 nitrogen and oxygen atoms in total. The molecule has 1 saturated heterocycles. The van der Waals surface area contributed by atoms with Gasteiger partial charge in [0.25, 0.3) is 5.91 Å². The van der Waals surface area contributed by atoms with Crippen LogP contribution in [0.2, 0.25) is 0 Å². The Morgan fingerprint density at radius 3 is 2.64 bits per heavy atom. The maximum Gasteiger partial charge on any atom is 0.251 e. The molecule has 7 heteroatoms. The van der Waals surface area contributed by atoms with Gasteiger partial charge in [-0.15, -0.1) is 0 Å².